The molecule has 28 nitrogen and oxygen atoms in total. The Morgan fingerprint density at radius 2 is 0.970 bits per heavy atom. The number of carbonyl (C=O) groups is 13. The molecule has 0 saturated heterocycles. The first kappa shape index (κ1) is 91.3. The van der Waals surface area contributed by atoms with Gasteiger partial charge in [-0.15, -0.1) is 0 Å². The van der Waals surface area contributed by atoms with Crippen molar-refractivity contribution >= 4 is 76.9 Å². The summed E-state index contributed by atoms with van der Waals surface area (Å²) in [5.41, 5.74) is 0. The number of nitrogens with zero attached hydrogens (tertiary/aromatic N) is 8. The summed E-state index contributed by atoms with van der Waals surface area (Å²) in [7, 11) is 11.6. The van der Waals surface area contributed by atoms with Crippen molar-refractivity contribution in [3.63, 3.8) is 0 Å². The van der Waals surface area contributed by atoms with E-state index in [1.807, 2.05) is 47.6 Å². The van der Waals surface area contributed by atoms with Crippen molar-refractivity contribution in [2.24, 2.45) is 41.4 Å². The van der Waals surface area contributed by atoms with E-state index in [9.17, 15) is 53.2 Å². The van der Waals surface area contributed by atoms with Crippen molar-refractivity contribution in [3.05, 3.63) is 12.2 Å². The standard InChI is InChI=1S/C71H125N13O15/c1-28-30-31-46(14)60(99-51(19)86)59(64(90)76-52(29-2)71(97)98-37-36-78(21)50(18)85)84(27)70(96)57(44(11)12)82(25)68(94)55(39-42(7)8)81(24)67(93)54(38-41(5)6)80(23)66(92)49(17)75-61(87)47(15)74-62(88)53(33-32-40(3)4)79(22)69(95)56(43(9)10)77-63(89)58(45(13)34-35-72)83(26)65(91)48(16)73-20/h28,30,40-49,52-60,73H,29,31-34,36-39H2,1-27H3,(H,74,88)(H,75,87)(H,76,90)(H,77,89)/b30-28+/t45-,46-,47+,48-,49-,52+,53+,54+,55+,56+,57+,58+,59+,60-/m1/s1. The molecule has 99 heavy (non-hydrogen) atoms. The van der Waals surface area contributed by atoms with Gasteiger partial charge < -0.3 is 70.4 Å². The van der Waals surface area contributed by atoms with Crippen molar-refractivity contribution < 1.29 is 71.8 Å². The maximum Gasteiger partial charge on any atom is 0.328 e. The van der Waals surface area contributed by atoms with Crippen molar-refractivity contribution in [1.29, 1.82) is 5.26 Å². The predicted octanol–water partition coefficient (Wildman–Crippen LogP) is 3.89. The molecule has 14 atom stereocenters. The molecule has 564 valence electrons. The molecule has 0 heterocycles. The van der Waals surface area contributed by atoms with E-state index in [0.717, 1.165) is 4.90 Å². The van der Waals surface area contributed by atoms with E-state index in [0.29, 0.717) is 12.8 Å². The Morgan fingerprint density at radius 1 is 0.495 bits per heavy atom. The molecule has 0 spiro atoms. The number of nitriles is 1. The smallest absolute Gasteiger partial charge is 0.328 e. The number of hydrogen-bond acceptors (Lipinski definition) is 17. The van der Waals surface area contributed by atoms with Gasteiger partial charge in [-0.1, -0.05) is 102 Å². The maximum absolute atomic E-state index is 15.3. The molecule has 0 radical (unpaired) electrons. The van der Waals surface area contributed by atoms with E-state index in [1.54, 1.807) is 75.4 Å². The predicted molar refractivity (Wildman–Crippen MR) is 378 cm³/mol. The van der Waals surface area contributed by atoms with Crippen LogP contribution in [-0.2, 0) is 71.8 Å². The van der Waals surface area contributed by atoms with Gasteiger partial charge in [0.1, 0.15) is 73.1 Å². The highest BCUT2D eigenvalue weighted by atomic mass is 16.5. The molecular formula is C71H125N13O15. The van der Waals surface area contributed by atoms with Crippen LogP contribution in [-0.4, -0.2) is 253 Å². The van der Waals surface area contributed by atoms with Gasteiger partial charge in [-0.3, -0.25) is 57.5 Å². The molecule has 28 heteroatoms. The number of rotatable bonds is 42. The Hall–Kier alpha value is -7.70. The largest absolute Gasteiger partial charge is 0.462 e. The number of nitrogens with one attached hydrogen (secondary N) is 5. The number of allylic oxidation sites excluding steroid dienone is 2. The number of hydrogen-bond donors (Lipinski definition) is 5. The van der Waals surface area contributed by atoms with Crippen molar-refractivity contribution in [3.8, 4) is 6.07 Å². The molecule has 0 aliphatic heterocycles. The summed E-state index contributed by atoms with van der Waals surface area (Å²) >= 11 is 0. The van der Waals surface area contributed by atoms with Crippen LogP contribution in [0.2, 0.25) is 0 Å². The first-order valence-electron chi connectivity index (χ1n) is 34.9. The van der Waals surface area contributed by atoms with Crippen molar-refractivity contribution in [2.45, 2.75) is 249 Å². The van der Waals surface area contributed by atoms with Gasteiger partial charge in [-0.25, -0.2) is 4.79 Å². The van der Waals surface area contributed by atoms with Gasteiger partial charge in [0.15, 0.2) is 0 Å². The molecule has 11 amide bonds. The lowest BCUT2D eigenvalue weighted by molar-refractivity contribution is -0.164. The average Bonchev–Trinajstić information content (AvgIpc) is 0.801. The van der Waals surface area contributed by atoms with Crippen molar-refractivity contribution in [1.82, 2.24) is 60.9 Å². The summed E-state index contributed by atoms with van der Waals surface area (Å²) in [6, 6.07) is -11.1. The van der Waals surface area contributed by atoms with Gasteiger partial charge in [0.25, 0.3) is 0 Å². The fraction of sp³-hybridized carbons (Fsp3) is 0.775. The second-order valence-corrected chi connectivity index (χ2v) is 28.5. The highest BCUT2D eigenvalue weighted by Crippen LogP contribution is 2.27. The van der Waals surface area contributed by atoms with Gasteiger partial charge in [0.2, 0.25) is 65.0 Å². The third kappa shape index (κ3) is 28.1. The van der Waals surface area contributed by atoms with Gasteiger partial charge in [-0.2, -0.15) is 5.26 Å². The van der Waals surface area contributed by atoms with Gasteiger partial charge in [-0.05, 0) is 115 Å². The third-order valence-corrected chi connectivity index (χ3v) is 18.0. The molecule has 5 N–H and O–H groups in total. The molecule has 0 bridgehead atoms. The number of amides is 11. The first-order chi connectivity index (χ1) is 45.8. The lowest BCUT2D eigenvalue weighted by atomic mass is 9.91. The van der Waals surface area contributed by atoms with E-state index in [4.69, 9.17) is 9.47 Å². The average molecular weight is 1400 g/mol. The minimum absolute atomic E-state index is 0.0609. The second kappa shape index (κ2) is 43.7. The maximum atomic E-state index is 15.3. The number of ether oxygens (including phenoxy) is 2. The normalized spacial score (nSPS) is 15.8. The van der Waals surface area contributed by atoms with Crippen LogP contribution in [0.3, 0.4) is 0 Å². The molecule has 0 saturated carbocycles. The molecule has 0 fully saturated rings. The van der Waals surface area contributed by atoms with Crippen LogP contribution in [0.25, 0.3) is 0 Å². The molecule has 0 aromatic carbocycles. The second-order valence-electron chi connectivity index (χ2n) is 28.5. The Balaban J connectivity index is 7.23. The van der Waals surface area contributed by atoms with Crippen LogP contribution >= 0.6 is 0 Å². The summed E-state index contributed by atoms with van der Waals surface area (Å²) in [5, 5.41) is 23.3. The monoisotopic (exact) mass is 1400 g/mol. The number of esters is 2. The van der Waals surface area contributed by atoms with Gasteiger partial charge >= 0.3 is 11.9 Å². The third-order valence-electron chi connectivity index (χ3n) is 18.0. The van der Waals surface area contributed by atoms with Gasteiger partial charge in [0, 0.05) is 69.6 Å². The van der Waals surface area contributed by atoms with Crippen LogP contribution in [0.1, 0.15) is 176 Å². The Bertz CT molecular complexity index is 2790. The van der Waals surface area contributed by atoms with E-state index in [2.05, 4.69) is 32.7 Å². The molecule has 0 unspecified atom stereocenters. The van der Waals surface area contributed by atoms with Crippen LogP contribution in [0.5, 0.6) is 0 Å². The topological polar surface area (TPSA) is 347 Å². The van der Waals surface area contributed by atoms with E-state index >= 15 is 14.4 Å². The molecule has 0 aliphatic carbocycles. The summed E-state index contributed by atoms with van der Waals surface area (Å²) < 4.78 is 11.3. The molecule has 0 rings (SSSR count). The number of likely N-dealkylation sites (N-methyl/N-ethyl adjacent to an activating group) is 8. The quantitative estimate of drug-likeness (QED) is 0.0427. The lowest BCUT2D eigenvalue weighted by Gasteiger charge is -2.42. The van der Waals surface area contributed by atoms with E-state index in [1.165, 1.54) is 106 Å². The highest BCUT2D eigenvalue weighted by molar-refractivity contribution is 5.99. The lowest BCUT2D eigenvalue weighted by Crippen LogP contribution is -2.63. The summed E-state index contributed by atoms with van der Waals surface area (Å²) in [6.45, 7) is 31.9. The Morgan fingerprint density at radius 3 is 1.42 bits per heavy atom. The fourth-order valence-corrected chi connectivity index (χ4v) is 11.6. The van der Waals surface area contributed by atoms with Crippen LogP contribution in [0, 0.1) is 52.8 Å². The van der Waals surface area contributed by atoms with E-state index in [-0.39, 0.29) is 68.9 Å². The minimum Gasteiger partial charge on any atom is -0.462 e. The Kier molecular flexibility index (Phi) is 40.3. The molecule has 0 aromatic heterocycles. The zero-order valence-corrected chi connectivity index (χ0v) is 64.7. The highest BCUT2D eigenvalue weighted by Gasteiger charge is 2.47. The van der Waals surface area contributed by atoms with Crippen LogP contribution in [0.15, 0.2) is 12.2 Å². The first-order valence-corrected chi connectivity index (χ1v) is 34.9. The summed E-state index contributed by atoms with van der Waals surface area (Å²) in [4.78, 5) is 192. The van der Waals surface area contributed by atoms with E-state index < -0.39 is 167 Å². The van der Waals surface area contributed by atoms with Crippen molar-refractivity contribution in [2.75, 3.05) is 69.5 Å². The zero-order valence-electron chi connectivity index (χ0n) is 64.7. The fourth-order valence-electron chi connectivity index (χ4n) is 11.6. The summed E-state index contributed by atoms with van der Waals surface area (Å²) in [5.74, 6) is -11.1. The Labute approximate surface area is 590 Å². The van der Waals surface area contributed by atoms with Crippen LogP contribution in [0.4, 0.5) is 0 Å². The van der Waals surface area contributed by atoms with Crippen LogP contribution < -0.4 is 26.6 Å². The molecule has 0 aromatic rings. The number of carbonyl (C=O) groups excluding carboxylic acids is 13. The SMILES string of the molecule is C/C=C/C[C@@H](C)[C@@H](OC(C)=O)[C@@H](C(=O)N[C@@H](CC)C(=O)OCCN(C)C(C)=O)N(C)C(=O)[C@H](C(C)C)N(C)C(=O)[C@H](CC(C)C)N(C)C(=O)[C@H](CC(C)C)N(C)C(=O)[C@@H](C)NC(=O)[C@H](C)NC(=O)[C@H](CCC(C)C)N(C)C(=O)[C@@H](NC(=O)[C@H]([C@H](C)CC#N)N(C)C(=O)[C@@H](C)NC)C(C)C. The molecule has 0 aliphatic rings. The summed E-state index contributed by atoms with van der Waals surface area (Å²) in [6.07, 6.45) is 3.48. The zero-order chi connectivity index (χ0) is 77.0. The minimum atomic E-state index is -1.57. The molecular weight excluding hydrogens is 1270 g/mol. The van der Waals surface area contributed by atoms with Gasteiger partial charge in [0.05, 0.1) is 18.7 Å².